The number of nitrogens with two attached hydrogens (primary N) is 1. The molecule has 0 spiro atoms. The molecule has 0 aliphatic carbocycles. The minimum atomic E-state index is -0.752. The molecule has 1 atom stereocenters. The average molecular weight is 862 g/mol. The molecule has 14 nitrogen and oxygen atoms in total. The first-order valence-electron chi connectivity index (χ1n) is 19.8. The maximum absolute atomic E-state index is 15.0. The number of hydrogen-bond donors (Lipinski definition) is 5. The molecule has 1 unspecified atom stereocenters. The van der Waals surface area contributed by atoms with Crippen molar-refractivity contribution in [1.29, 1.82) is 0 Å². The minimum Gasteiger partial charge on any atom is -0.390 e. The number of benzene rings is 4. The number of nitrogens with one attached hydrogen (secondary N) is 4. The fraction of sp³-hybridized carbons (Fsp3) is 0.222. The lowest BCUT2D eigenvalue weighted by atomic mass is 9.93. The number of hydrogen-bond acceptors (Lipinski definition) is 10. The van der Waals surface area contributed by atoms with Crippen LogP contribution in [0.4, 0.5) is 20.2 Å². The first-order chi connectivity index (χ1) is 30.1. The van der Waals surface area contributed by atoms with E-state index in [2.05, 4.69) is 31.3 Å². The summed E-state index contributed by atoms with van der Waals surface area (Å²) in [5.74, 6) is -2.95. The Kier molecular flexibility index (Phi) is 14.0. The summed E-state index contributed by atoms with van der Waals surface area (Å²) in [6, 6.07) is 20.5. The molecule has 7 rings (SSSR count). The van der Waals surface area contributed by atoms with Crippen molar-refractivity contribution in [3.63, 3.8) is 0 Å². The van der Waals surface area contributed by atoms with Gasteiger partial charge in [0, 0.05) is 70.8 Å². The van der Waals surface area contributed by atoms with Gasteiger partial charge < -0.3 is 31.3 Å². The third-order valence-electron chi connectivity index (χ3n) is 10.2. The van der Waals surface area contributed by atoms with Crippen LogP contribution in [0.5, 0.6) is 0 Å². The van der Waals surface area contributed by atoms with Crippen molar-refractivity contribution in [3.05, 3.63) is 147 Å². The van der Waals surface area contributed by atoms with Crippen molar-refractivity contribution in [3.8, 4) is 0 Å². The zero-order valence-corrected chi connectivity index (χ0v) is 34.1. The zero-order chi connectivity index (χ0) is 43.6. The quantitative estimate of drug-likeness (QED) is 0.0476. The summed E-state index contributed by atoms with van der Waals surface area (Å²) in [6.45, 7) is 1.98. The van der Waals surface area contributed by atoms with E-state index in [-0.39, 0.29) is 61.5 Å². The lowest BCUT2D eigenvalue weighted by Crippen LogP contribution is -2.52. The highest BCUT2D eigenvalue weighted by Gasteiger charge is 2.40. The fourth-order valence-electron chi connectivity index (χ4n) is 7.23. The Morgan fingerprint density at radius 1 is 0.984 bits per heavy atom. The van der Waals surface area contributed by atoms with Gasteiger partial charge in [-0.15, -0.1) is 0 Å². The van der Waals surface area contributed by atoms with E-state index in [1.165, 1.54) is 29.3 Å². The number of amides is 4. The highest BCUT2D eigenvalue weighted by atomic mass is 35.5. The highest BCUT2D eigenvalue weighted by molar-refractivity contribution is 6.32. The van der Waals surface area contributed by atoms with E-state index in [1.54, 1.807) is 36.4 Å². The largest absolute Gasteiger partial charge is 0.390 e. The van der Waals surface area contributed by atoms with Crippen LogP contribution in [0.15, 0.2) is 112 Å². The highest BCUT2D eigenvalue weighted by Crippen LogP contribution is 2.33. The van der Waals surface area contributed by atoms with Gasteiger partial charge in [-0.2, -0.15) is 0 Å². The van der Waals surface area contributed by atoms with Gasteiger partial charge in [-0.05, 0) is 72.8 Å². The molecule has 62 heavy (non-hydrogen) atoms. The van der Waals surface area contributed by atoms with Gasteiger partial charge in [0.25, 0.3) is 5.91 Å². The van der Waals surface area contributed by atoms with E-state index in [9.17, 15) is 19.2 Å². The first-order valence-corrected chi connectivity index (χ1v) is 20.1. The maximum Gasteiger partial charge on any atom is 0.255 e. The van der Waals surface area contributed by atoms with Crippen molar-refractivity contribution in [1.82, 2.24) is 20.9 Å². The van der Waals surface area contributed by atoms with Crippen LogP contribution in [0, 0.1) is 11.6 Å². The Morgan fingerprint density at radius 3 is 2.53 bits per heavy atom. The van der Waals surface area contributed by atoms with E-state index >= 15 is 8.78 Å². The van der Waals surface area contributed by atoms with Gasteiger partial charge >= 0.3 is 0 Å². The summed E-state index contributed by atoms with van der Waals surface area (Å²) < 4.78 is 35.7. The fourth-order valence-corrected chi connectivity index (χ4v) is 7.40. The van der Waals surface area contributed by atoms with Crippen LogP contribution < -0.4 is 27.0 Å². The predicted octanol–water partition coefficient (Wildman–Crippen LogP) is 5.03. The number of nitrogens with zero attached hydrogens (tertiary/aromatic N) is 4. The number of piperidine rings is 1. The maximum atomic E-state index is 15.0. The number of carbonyl (C=O) groups is 4. The molecule has 3 heterocycles. The summed E-state index contributed by atoms with van der Waals surface area (Å²) >= 11 is 6.38. The summed E-state index contributed by atoms with van der Waals surface area (Å²) in [6.07, 6.45) is 6.78. The van der Waals surface area contributed by atoms with E-state index in [0.29, 0.717) is 76.2 Å². The Labute approximate surface area is 360 Å². The molecule has 318 valence electrons. The lowest BCUT2D eigenvalue weighted by molar-refractivity contribution is -0.137. The van der Waals surface area contributed by atoms with Gasteiger partial charge in [-0.1, -0.05) is 41.9 Å². The summed E-state index contributed by atoms with van der Waals surface area (Å²) in [5.41, 5.74) is 10.5. The lowest BCUT2D eigenvalue weighted by Gasteiger charge is -2.29. The molecule has 6 N–H and O–H groups in total. The zero-order valence-electron chi connectivity index (χ0n) is 33.3. The van der Waals surface area contributed by atoms with Crippen LogP contribution >= 0.6 is 11.6 Å². The molecule has 0 radical (unpaired) electrons. The molecular weight excluding hydrogens is 820 g/mol. The van der Waals surface area contributed by atoms with Crippen molar-refractivity contribution in [2.75, 3.05) is 44.7 Å². The van der Waals surface area contributed by atoms with Gasteiger partial charge in [0.05, 0.1) is 55.3 Å². The Balaban J connectivity index is 0.864. The standard InChI is InChI=1S/C45H42ClF2N9O5/c46-29-9-12-31-33(21-29)43(41-35(47)4-2-5-36(41)48)53-23-28(22-52-26-49)42(31)54-30-10-7-27(8-11-30)15-16-50-17-19-62-20-18-51-24-40(59)55-37-6-1-3-32-34(37)25-57(45(32)61)38-13-14-39(58)56-44(38)60/h1-12,15-16,21-22,26,38,50-51H,13-14,17-20,23-25H2,(H2,49,52)(H,55,59)(H,56,58,60)/b16-15-,28-22-,54-42?. The molecule has 4 aromatic carbocycles. The average Bonchev–Trinajstić information content (AvgIpc) is 3.52. The molecule has 1 saturated heterocycles. The Morgan fingerprint density at radius 2 is 1.76 bits per heavy atom. The van der Waals surface area contributed by atoms with Gasteiger partial charge in [0.2, 0.25) is 17.7 Å². The number of anilines is 1. The van der Waals surface area contributed by atoms with Crippen LogP contribution in [0.3, 0.4) is 0 Å². The van der Waals surface area contributed by atoms with Gasteiger partial charge in [-0.3, -0.25) is 29.5 Å². The molecule has 4 amide bonds. The van der Waals surface area contributed by atoms with E-state index < -0.39 is 23.6 Å². The number of carbonyl (C=O) groups excluding carboxylic acids is 4. The monoisotopic (exact) mass is 861 g/mol. The number of fused-ring (bicyclic) bond motifs is 2. The van der Waals surface area contributed by atoms with Crippen LogP contribution in [-0.2, 0) is 25.7 Å². The molecule has 0 saturated carbocycles. The third kappa shape index (κ3) is 10.2. The van der Waals surface area contributed by atoms with Crippen molar-refractivity contribution < 1.29 is 32.7 Å². The SMILES string of the molecule is NC=N/C=C1/CN=C(c2c(F)cccc2F)c2cc(Cl)ccc2C1=Nc1ccc(/C=C\NCCOCCNCC(=O)Nc2cccc3c2CN(C2CCC(=O)NC2=O)C3=O)cc1. The van der Waals surface area contributed by atoms with Crippen molar-refractivity contribution in [2.45, 2.75) is 25.4 Å². The van der Waals surface area contributed by atoms with Gasteiger partial charge in [0.1, 0.15) is 17.7 Å². The number of imide groups is 1. The molecular formula is C45H42ClF2N9O5. The number of rotatable bonds is 15. The smallest absolute Gasteiger partial charge is 0.255 e. The topological polar surface area (TPSA) is 192 Å². The van der Waals surface area contributed by atoms with Gasteiger partial charge in [-0.25, -0.2) is 18.8 Å². The summed E-state index contributed by atoms with van der Waals surface area (Å²) in [5, 5.41) is 11.7. The normalized spacial score (nSPS) is 17.7. The molecule has 3 aliphatic rings. The van der Waals surface area contributed by atoms with Crippen molar-refractivity contribution >= 4 is 70.4 Å². The Bertz CT molecular complexity index is 2520. The van der Waals surface area contributed by atoms with Crippen molar-refractivity contribution in [2.24, 2.45) is 20.7 Å². The summed E-state index contributed by atoms with van der Waals surface area (Å²) in [4.78, 5) is 64.8. The second-order valence-electron chi connectivity index (χ2n) is 14.3. The molecule has 0 aromatic heterocycles. The van der Waals surface area contributed by atoms with Crippen LogP contribution in [-0.4, -0.2) is 91.7 Å². The van der Waals surface area contributed by atoms with Crippen LogP contribution in [0.1, 0.15) is 51.0 Å². The number of halogens is 3. The minimum absolute atomic E-state index is 0.0216. The van der Waals surface area contributed by atoms with E-state index in [0.717, 1.165) is 11.9 Å². The second-order valence-corrected chi connectivity index (χ2v) is 14.7. The van der Waals surface area contributed by atoms with Crippen LogP contribution in [0.25, 0.3) is 6.08 Å². The number of aliphatic imine (C=N–C) groups is 3. The first kappa shape index (κ1) is 43.2. The molecule has 0 bridgehead atoms. The molecule has 17 heteroatoms. The van der Waals surface area contributed by atoms with Gasteiger partial charge in [0.15, 0.2) is 0 Å². The predicted molar refractivity (Wildman–Crippen MR) is 234 cm³/mol. The van der Waals surface area contributed by atoms with E-state index in [1.807, 2.05) is 36.5 Å². The van der Waals surface area contributed by atoms with E-state index in [4.69, 9.17) is 27.1 Å². The second kappa shape index (κ2) is 20.1. The Hall–Kier alpha value is -6.88. The third-order valence-corrected chi connectivity index (χ3v) is 10.4. The number of ether oxygens (including phenoxy) is 1. The van der Waals surface area contributed by atoms with Crippen LogP contribution in [0.2, 0.25) is 5.02 Å². The molecule has 1 fully saturated rings. The molecule has 3 aliphatic heterocycles. The summed E-state index contributed by atoms with van der Waals surface area (Å²) in [7, 11) is 0. The molecule has 4 aromatic rings.